The highest BCUT2D eigenvalue weighted by Gasteiger charge is 2.21. The van der Waals surface area contributed by atoms with Crippen LogP contribution in [0.25, 0.3) is 10.2 Å². The lowest BCUT2D eigenvalue weighted by Gasteiger charge is -2.05. The molecule has 0 saturated carbocycles. The predicted octanol–water partition coefficient (Wildman–Crippen LogP) is 3.58. The fourth-order valence-corrected chi connectivity index (χ4v) is 4.95. The van der Waals surface area contributed by atoms with Gasteiger partial charge in [0.15, 0.2) is 0 Å². The molecule has 3 rings (SSSR count). The van der Waals surface area contributed by atoms with Crippen molar-refractivity contribution in [3.8, 4) is 0 Å². The van der Waals surface area contributed by atoms with Gasteiger partial charge in [-0.15, -0.1) is 11.3 Å². The SMILES string of the molecule is CCCCCNC(=O)CSc1ncnc2sc3c(c12)CCC3. The van der Waals surface area contributed by atoms with Crippen molar-refractivity contribution in [2.45, 2.75) is 50.5 Å². The van der Waals surface area contributed by atoms with E-state index in [0.717, 1.165) is 29.2 Å². The highest BCUT2D eigenvalue weighted by molar-refractivity contribution is 8.00. The molecule has 2 heterocycles. The zero-order valence-corrected chi connectivity index (χ0v) is 14.5. The van der Waals surface area contributed by atoms with Crippen LogP contribution in [0.5, 0.6) is 0 Å². The van der Waals surface area contributed by atoms with Crippen LogP contribution in [0.15, 0.2) is 11.4 Å². The molecule has 1 aliphatic rings. The third kappa shape index (κ3) is 3.43. The average molecular weight is 335 g/mol. The number of fused-ring (bicyclic) bond motifs is 3. The number of nitrogens with one attached hydrogen (secondary N) is 1. The first-order valence-electron chi connectivity index (χ1n) is 7.94. The van der Waals surface area contributed by atoms with Gasteiger partial charge in [-0.1, -0.05) is 31.5 Å². The number of aryl methyl sites for hydroxylation is 2. The lowest BCUT2D eigenvalue weighted by Crippen LogP contribution is -2.26. The molecule has 4 nitrogen and oxygen atoms in total. The molecular formula is C16H21N3OS2. The van der Waals surface area contributed by atoms with Crippen molar-refractivity contribution < 1.29 is 4.79 Å². The molecule has 0 unspecified atom stereocenters. The van der Waals surface area contributed by atoms with E-state index in [0.29, 0.717) is 5.75 Å². The second-order valence-electron chi connectivity index (χ2n) is 5.56. The molecule has 22 heavy (non-hydrogen) atoms. The standard InChI is InChI=1S/C16H21N3OS2/c1-2-3-4-8-17-13(20)9-21-15-14-11-6-5-7-12(11)22-16(14)19-10-18-15/h10H,2-9H2,1H3,(H,17,20). The highest BCUT2D eigenvalue weighted by atomic mass is 32.2. The van der Waals surface area contributed by atoms with Crippen LogP contribution in [0.2, 0.25) is 0 Å². The van der Waals surface area contributed by atoms with E-state index in [-0.39, 0.29) is 5.91 Å². The summed E-state index contributed by atoms with van der Waals surface area (Å²) in [7, 11) is 0. The molecule has 2 aromatic rings. The number of carbonyl (C=O) groups excluding carboxylic acids is 1. The minimum atomic E-state index is 0.0970. The summed E-state index contributed by atoms with van der Waals surface area (Å²) in [4.78, 5) is 23.3. The normalized spacial score (nSPS) is 13.5. The van der Waals surface area contributed by atoms with Crippen LogP contribution in [-0.4, -0.2) is 28.2 Å². The number of unbranched alkanes of at least 4 members (excludes halogenated alkanes) is 2. The van der Waals surface area contributed by atoms with Gasteiger partial charge in [-0.3, -0.25) is 4.79 Å². The van der Waals surface area contributed by atoms with Crippen LogP contribution in [0.1, 0.15) is 43.0 Å². The number of nitrogens with zero attached hydrogens (tertiary/aromatic N) is 2. The Bertz CT molecular complexity index is 669. The van der Waals surface area contributed by atoms with E-state index in [1.807, 2.05) is 0 Å². The van der Waals surface area contributed by atoms with E-state index in [4.69, 9.17) is 0 Å². The summed E-state index contributed by atoms with van der Waals surface area (Å²) in [5.74, 6) is 0.530. The monoisotopic (exact) mass is 335 g/mol. The predicted molar refractivity (Wildman–Crippen MR) is 92.7 cm³/mol. The van der Waals surface area contributed by atoms with Gasteiger partial charge in [-0.2, -0.15) is 0 Å². The minimum absolute atomic E-state index is 0.0970. The van der Waals surface area contributed by atoms with Gasteiger partial charge in [0.1, 0.15) is 16.2 Å². The maximum absolute atomic E-state index is 11.9. The summed E-state index contributed by atoms with van der Waals surface area (Å²) in [6, 6.07) is 0. The second kappa shape index (κ2) is 7.42. The number of carbonyl (C=O) groups is 1. The summed E-state index contributed by atoms with van der Waals surface area (Å²) in [6.07, 6.45) is 8.54. The van der Waals surface area contributed by atoms with Crippen LogP contribution in [0.3, 0.4) is 0 Å². The van der Waals surface area contributed by atoms with Crippen molar-refractivity contribution in [2.75, 3.05) is 12.3 Å². The molecule has 0 radical (unpaired) electrons. The molecule has 0 atom stereocenters. The molecule has 1 N–H and O–H groups in total. The van der Waals surface area contributed by atoms with Gasteiger partial charge in [0.2, 0.25) is 5.91 Å². The Labute approximate surface area is 139 Å². The number of hydrogen-bond donors (Lipinski definition) is 1. The first kappa shape index (κ1) is 15.7. The van der Waals surface area contributed by atoms with E-state index < -0.39 is 0 Å². The third-order valence-electron chi connectivity index (χ3n) is 3.91. The number of amides is 1. The van der Waals surface area contributed by atoms with Gasteiger partial charge < -0.3 is 5.32 Å². The van der Waals surface area contributed by atoms with E-state index in [2.05, 4.69) is 22.2 Å². The molecule has 118 valence electrons. The Balaban J connectivity index is 1.63. The van der Waals surface area contributed by atoms with Crippen LogP contribution in [0, 0.1) is 0 Å². The van der Waals surface area contributed by atoms with Gasteiger partial charge in [0, 0.05) is 16.8 Å². The van der Waals surface area contributed by atoms with Crippen LogP contribution < -0.4 is 5.32 Å². The van der Waals surface area contributed by atoms with Gasteiger partial charge >= 0.3 is 0 Å². The number of thiophene rings is 1. The maximum atomic E-state index is 11.9. The topological polar surface area (TPSA) is 54.9 Å². The molecule has 1 aliphatic carbocycles. The second-order valence-corrected chi connectivity index (χ2v) is 7.61. The van der Waals surface area contributed by atoms with Crippen LogP contribution in [-0.2, 0) is 17.6 Å². The molecule has 0 saturated heterocycles. The van der Waals surface area contributed by atoms with E-state index in [1.165, 1.54) is 53.3 Å². The summed E-state index contributed by atoms with van der Waals surface area (Å²) in [6.45, 7) is 2.94. The largest absolute Gasteiger partial charge is 0.355 e. The molecule has 1 amide bonds. The minimum Gasteiger partial charge on any atom is -0.355 e. The molecule has 0 bridgehead atoms. The number of aromatic nitrogens is 2. The molecule has 6 heteroatoms. The van der Waals surface area contributed by atoms with Gasteiger partial charge in [0.05, 0.1) is 5.75 Å². The Kier molecular flexibility index (Phi) is 5.31. The fourth-order valence-electron chi connectivity index (χ4n) is 2.80. The quantitative estimate of drug-likeness (QED) is 0.477. The van der Waals surface area contributed by atoms with Crippen molar-refractivity contribution in [3.63, 3.8) is 0 Å². The van der Waals surface area contributed by atoms with E-state index >= 15 is 0 Å². The Morgan fingerprint density at radius 3 is 3.14 bits per heavy atom. The van der Waals surface area contributed by atoms with Gasteiger partial charge in [-0.05, 0) is 31.2 Å². The summed E-state index contributed by atoms with van der Waals surface area (Å²) >= 11 is 3.33. The molecule has 0 aliphatic heterocycles. The molecule has 0 spiro atoms. The number of thioether (sulfide) groups is 1. The van der Waals surface area contributed by atoms with Crippen molar-refractivity contribution in [1.82, 2.24) is 15.3 Å². The lowest BCUT2D eigenvalue weighted by atomic mass is 10.2. The molecular weight excluding hydrogens is 314 g/mol. The van der Waals surface area contributed by atoms with Crippen LogP contribution in [0.4, 0.5) is 0 Å². The Morgan fingerprint density at radius 1 is 1.36 bits per heavy atom. The molecule has 2 aromatic heterocycles. The van der Waals surface area contributed by atoms with E-state index in [1.54, 1.807) is 17.7 Å². The van der Waals surface area contributed by atoms with Gasteiger partial charge in [-0.25, -0.2) is 9.97 Å². The third-order valence-corrected chi connectivity index (χ3v) is 6.10. The fraction of sp³-hybridized carbons (Fsp3) is 0.562. The first-order valence-corrected chi connectivity index (χ1v) is 9.74. The number of hydrogen-bond acceptors (Lipinski definition) is 5. The van der Waals surface area contributed by atoms with Crippen LogP contribution >= 0.6 is 23.1 Å². The average Bonchev–Trinajstić information content (AvgIpc) is 3.10. The van der Waals surface area contributed by atoms with Gasteiger partial charge in [0.25, 0.3) is 0 Å². The zero-order valence-electron chi connectivity index (χ0n) is 12.9. The summed E-state index contributed by atoms with van der Waals surface area (Å²) in [5.41, 5.74) is 1.42. The van der Waals surface area contributed by atoms with Crippen molar-refractivity contribution >= 4 is 39.2 Å². The van der Waals surface area contributed by atoms with Crippen molar-refractivity contribution in [2.24, 2.45) is 0 Å². The Morgan fingerprint density at radius 2 is 2.27 bits per heavy atom. The van der Waals surface area contributed by atoms with Crippen molar-refractivity contribution in [1.29, 1.82) is 0 Å². The van der Waals surface area contributed by atoms with E-state index in [9.17, 15) is 4.79 Å². The Hall–Kier alpha value is -1.14. The summed E-state index contributed by atoms with van der Waals surface area (Å²) < 4.78 is 0. The zero-order chi connectivity index (χ0) is 15.4. The smallest absolute Gasteiger partial charge is 0.230 e. The molecule has 0 fully saturated rings. The first-order chi connectivity index (χ1) is 10.8. The lowest BCUT2D eigenvalue weighted by molar-refractivity contribution is -0.118. The molecule has 0 aromatic carbocycles. The summed E-state index contributed by atoms with van der Waals surface area (Å²) in [5, 5.41) is 5.15. The maximum Gasteiger partial charge on any atom is 0.230 e. The highest BCUT2D eigenvalue weighted by Crippen LogP contribution is 2.39. The number of rotatable bonds is 7. The van der Waals surface area contributed by atoms with Crippen molar-refractivity contribution in [3.05, 3.63) is 16.8 Å².